The molecule has 0 spiro atoms. The average molecular weight is 349 g/mol. The van der Waals surface area contributed by atoms with Gasteiger partial charge in [0.2, 0.25) is 5.91 Å². The lowest BCUT2D eigenvalue weighted by Gasteiger charge is -2.30. The predicted molar refractivity (Wildman–Crippen MR) is 84.4 cm³/mol. The van der Waals surface area contributed by atoms with Crippen molar-refractivity contribution in [3.63, 3.8) is 0 Å². The lowest BCUT2D eigenvalue weighted by atomic mass is 9.97. The molecule has 3 rings (SSSR count). The maximum absolute atomic E-state index is 12.4. The predicted octanol–water partition coefficient (Wildman–Crippen LogP) is 0.898. The van der Waals surface area contributed by atoms with Crippen LogP contribution >= 0.6 is 0 Å². The van der Waals surface area contributed by atoms with E-state index in [0.717, 1.165) is 4.68 Å². The highest BCUT2D eigenvalue weighted by Crippen LogP contribution is 2.19. The molecule has 0 aliphatic carbocycles. The van der Waals surface area contributed by atoms with Crippen LogP contribution in [0.5, 0.6) is 0 Å². The minimum Gasteiger partial charge on any atom is -0.466 e. The van der Waals surface area contributed by atoms with Crippen LogP contribution in [0.25, 0.3) is 11.7 Å². The van der Waals surface area contributed by atoms with Gasteiger partial charge in [0, 0.05) is 13.1 Å². The quantitative estimate of drug-likeness (QED) is 0.738. The SMILES string of the molecule is CCOC(=O)C1CCN(C(=O)Cn2nc(-c3ccco3)oc2=O)CC1. The largest absolute Gasteiger partial charge is 0.466 e. The molecule has 1 fully saturated rings. The van der Waals surface area contributed by atoms with Crippen LogP contribution in [-0.2, 0) is 20.9 Å². The van der Waals surface area contributed by atoms with Gasteiger partial charge in [0.15, 0.2) is 5.76 Å². The van der Waals surface area contributed by atoms with Gasteiger partial charge in [0.1, 0.15) is 6.54 Å². The maximum Gasteiger partial charge on any atom is 0.437 e. The molecule has 1 amide bonds. The van der Waals surface area contributed by atoms with Crippen LogP contribution in [-0.4, -0.2) is 46.3 Å². The van der Waals surface area contributed by atoms with Crippen LogP contribution in [0.1, 0.15) is 19.8 Å². The van der Waals surface area contributed by atoms with E-state index in [4.69, 9.17) is 13.6 Å². The van der Waals surface area contributed by atoms with Gasteiger partial charge in [-0.15, -0.1) is 5.10 Å². The minimum atomic E-state index is -0.721. The van der Waals surface area contributed by atoms with Gasteiger partial charge in [0.05, 0.1) is 18.8 Å². The number of aromatic nitrogens is 2. The smallest absolute Gasteiger partial charge is 0.437 e. The van der Waals surface area contributed by atoms with Crippen molar-refractivity contribution in [2.45, 2.75) is 26.3 Å². The van der Waals surface area contributed by atoms with E-state index in [2.05, 4.69) is 5.10 Å². The van der Waals surface area contributed by atoms with Crippen molar-refractivity contribution >= 4 is 11.9 Å². The minimum absolute atomic E-state index is 0.0313. The highest BCUT2D eigenvalue weighted by molar-refractivity contribution is 5.77. The first-order valence-electron chi connectivity index (χ1n) is 8.14. The molecule has 1 saturated heterocycles. The summed E-state index contributed by atoms with van der Waals surface area (Å²) in [5.74, 6) is -1.01. The fourth-order valence-corrected chi connectivity index (χ4v) is 2.76. The van der Waals surface area contributed by atoms with Crippen molar-refractivity contribution in [1.82, 2.24) is 14.7 Å². The topological polar surface area (TPSA) is 108 Å². The second kappa shape index (κ2) is 7.37. The first kappa shape index (κ1) is 17.0. The van der Waals surface area contributed by atoms with E-state index in [9.17, 15) is 14.4 Å². The summed E-state index contributed by atoms with van der Waals surface area (Å²) in [7, 11) is 0. The number of carbonyl (C=O) groups excluding carboxylic acids is 2. The van der Waals surface area contributed by atoms with Gasteiger partial charge in [0.25, 0.3) is 5.89 Å². The van der Waals surface area contributed by atoms with E-state index in [1.54, 1.807) is 24.0 Å². The molecule has 2 aromatic rings. The maximum atomic E-state index is 12.4. The van der Waals surface area contributed by atoms with Gasteiger partial charge in [-0.05, 0) is 31.9 Å². The van der Waals surface area contributed by atoms with E-state index in [0.29, 0.717) is 38.3 Å². The number of ether oxygens (including phenoxy) is 1. The molecule has 1 aliphatic heterocycles. The average Bonchev–Trinajstić information content (AvgIpc) is 3.25. The number of rotatable bonds is 5. The summed E-state index contributed by atoms with van der Waals surface area (Å²) in [4.78, 5) is 37.5. The van der Waals surface area contributed by atoms with E-state index in [1.807, 2.05) is 0 Å². The number of likely N-dealkylation sites (tertiary alicyclic amines) is 1. The molecule has 25 heavy (non-hydrogen) atoms. The molecule has 0 radical (unpaired) electrons. The summed E-state index contributed by atoms with van der Waals surface area (Å²) in [6, 6.07) is 3.25. The van der Waals surface area contributed by atoms with Gasteiger partial charge < -0.3 is 18.5 Å². The summed E-state index contributed by atoms with van der Waals surface area (Å²) in [6.45, 7) is 2.79. The molecule has 0 unspecified atom stereocenters. The van der Waals surface area contributed by atoms with Crippen LogP contribution in [0.4, 0.5) is 0 Å². The Morgan fingerprint density at radius 2 is 2.12 bits per heavy atom. The third-order valence-electron chi connectivity index (χ3n) is 4.09. The van der Waals surface area contributed by atoms with Gasteiger partial charge in [-0.1, -0.05) is 0 Å². The molecule has 0 N–H and O–H groups in total. The standard InChI is InChI=1S/C16H19N3O6/c1-2-23-15(21)11-5-7-18(8-6-11)13(20)10-19-16(22)25-14(17-19)12-4-3-9-24-12/h3-4,9,11H,2,5-8,10H2,1H3. The van der Waals surface area contributed by atoms with Crippen molar-refractivity contribution in [2.24, 2.45) is 5.92 Å². The number of esters is 1. The Morgan fingerprint density at radius 3 is 2.76 bits per heavy atom. The number of hydrogen-bond acceptors (Lipinski definition) is 7. The Hall–Kier alpha value is -2.84. The van der Waals surface area contributed by atoms with Crippen molar-refractivity contribution < 1.29 is 23.2 Å². The van der Waals surface area contributed by atoms with Gasteiger partial charge in [-0.25, -0.2) is 4.79 Å². The zero-order chi connectivity index (χ0) is 17.8. The Morgan fingerprint density at radius 1 is 1.36 bits per heavy atom. The third kappa shape index (κ3) is 3.81. The third-order valence-corrected chi connectivity index (χ3v) is 4.09. The first-order valence-corrected chi connectivity index (χ1v) is 8.14. The fraction of sp³-hybridized carbons (Fsp3) is 0.500. The van der Waals surface area contributed by atoms with E-state index in [1.165, 1.54) is 6.26 Å². The normalized spacial score (nSPS) is 15.3. The number of carbonyl (C=O) groups is 2. The van der Waals surface area contributed by atoms with Crippen LogP contribution in [0.15, 0.2) is 32.0 Å². The number of furan rings is 1. The molecule has 0 bridgehead atoms. The second-order valence-electron chi connectivity index (χ2n) is 5.72. The zero-order valence-corrected chi connectivity index (χ0v) is 13.8. The van der Waals surface area contributed by atoms with Crippen LogP contribution in [0, 0.1) is 5.92 Å². The molecule has 3 heterocycles. The van der Waals surface area contributed by atoms with Crippen molar-refractivity contribution in [3.05, 3.63) is 28.9 Å². The molecule has 9 heteroatoms. The van der Waals surface area contributed by atoms with Gasteiger partial charge in [-0.2, -0.15) is 4.68 Å². The molecular formula is C16H19N3O6. The van der Waals surface area contributed by atoms with Crippen LogP contribution in [0.2, 0.25) is 0 Å². The van der Waals surface area contributed by atoms with E-state index in [-0.39, 0.29) is 30.2 Å². The summed E-state index contributed by atoms with van der Waals surface area (Å²) in [5.41, 5.74) is 0. The van der Waals surface area contributed by atoms with Crippen molar-refractivity contribution in [1.29, 1.82) is 0 Å². The summed E-state index contributed by atoms with van der Waals surface area (Å²) >= 11 is 0. The van der Waals surface area contributed by atoms with Gasteiger partial charge >= 0.3 is 11.7 Å². The van der Waals surface area contributed by atoms with Crippen molar-refractivity contribution in [3.8, 4) is 11.7 Å². The van der Waals surface area contributed by atoms with E-state index >= 15 is 0 Å². The molecule has 0 aromatic carbocycles. The lowest BCUT2D eigenvalue weighted by Crippen LogP contribution is -2.43. The Kier molecular flexibility index (Phi) is 5.01. The monoisotopic (exact) mass is 349 g/mol. The van der Waals surface area contributed by atoms with Crippen LogP contribution < -0.4 is 5.76 Å². The molecule has 134 valence electrons. The highest BCUT2D eigenvalue weighted by Gasteiger charge is 2.28. The highest BCUT2D eigenvalue weighted by atomic mass is 16.5. The molecule has 0 saturated carbocycles. The molecule has 2 aromatic heterocycles. The summed E-state index contributed by atoms with van der Waals surface area (Å²) in [5, 5.41) is 3.98. The van der Waals surface area contributed by atoms with Crippen molar-refractivity contribution in [2.75, 3.05) is 19.7 Å². The first-order chi connectivity index (χ1) is 12.1. The fourth-order valence-electron chi connectivity index (χ4n) is 2.76. The number of amides is 1. The zero-order valence-electron chi connectivity index (χ0n) is 13.8. The second-order valence-corrected chi connectivity index (χ2v) is 5.72. The lowest BCUT2D eigenvalue weighted by molar-refractivity contribution is -0.151. The number of hydrogen-bond donors (Lipinski definition) is 0. The Labute approximate surface area is 143 Å². The Bertz CT molecular complexity index is 783. The molecule has 9 nitrogen and oxygen atoms in total. The number of nitrogens with zero attached hydrogens (tertiary/aromatic N) is 3. The number of piperidine rings is 1. The Balaban J connectivity index is 1.59. The summed E-state index contributed by atoms with van der Waals surface area (Å²) in [6.07, 6.45) is 2.54. The molecule has 0 atom stereocenters. The molecule has 1 aliphatic rings. The van der Waals surface area contributed by atoms with Crippen LogP contribution in [0.3, 0.4) is 0 Å². The molecular weight excluding hydrogens is 330 g/mol. The van der Waals surface area contributed by atoms with E-state index < -0.39 is 5.76 Å². The summed E-state index contributed by atoms with van der Waals surface area (Å²) < 4.78 is 16.1. The van der Waals surface area contributed by atoms with Gasteiger partial charge in [-0.3, -0.25) is 9.59 Å².